The molecule has 15 heavy (non-hydrogen) atoms. The van der Waals surface area contributed by atoms with Gasteiger partial charge < -0.3 is 14.8 Å². The normalized spacial score (nSPS) is 26.1. The molecule has 1 aromatic heterocycles. The lowest BCUT2D eigenvalue weighted by Gasteiger charge is -2.26. The van der Waals surface area contributed by atoms with Crippen LogP contribution < -0.4 is 5.32 Å². The van der Waals surface area contributed by atoms with Crippen molar-refractivity contribution in [3.8, 4) is 0 Å². The van der Waals surface area contributed by atoms with Crippen LogP contribution in [0, 0.1) is 0 Å². The van der Waals surface area contributed by atoms with Crippen LogP contribution in [0.25, 0.3) is 0 Å². The molecule has 6 nitrogen and oxygen atoms in total. The van der Waals surface area contributed by atoms with E-state index in [1.54, 1.807) is 0 Å². The molecule has 1 aromatic rings. The Labute approximate surface area is 86.7 Å². The minimum Gasteiger partial charge on any atom is -0.465 e. The summed E-state index contributed by atoms with van der Waals surface area (Å²) in [5.74, 6) is 0.961. The van der Waals surface area contributed by atoms with Gasteiger partial charge in [-0.05, 0) is 25.7 Å². The summed E-state index contributed by atoms with van der Waals surface area (Å²) in [6.45, 7) is 0. The second kappa shape index (κ2) is 4.29. The standard InChI is InChI=1S/C9H13N3O3/c13-9(14)11-7-3-1-6(2-4-7)8-12-10-5-15-8/h5-7,11H,1-4H2,(H,13,14). The van der Waals surface area contributed by atoms with E-state index in [0.29, 0.717) is 11.8 Å². The lowest BCUT2D eigenvalue weighted by atomic mass is 9.86. The van der Waals surface area contributed by atoms with Crippen LogP contribution in [0.2, 0.25) is 0 Å². The Balaban J connectivity index is 1.84. The maximum absolute atomic E-state index is 10.4. The highest BCUT2D eigenvalue weighted by atomic mass is 16.4. The van der Waals surface area contributed by atoms with Gasteiger partial charge in [-0.3, -0.25) is 0 Å². The van der Waals surface area contributed by atoms with E-state index < -0.39 is 6.09 Å². The quantitative estimate of drug-likeness (QED) is 0.771. The van der Waals surface area contributed by atoms with Crippen LogP contribution in [-0.2, 0) is 0 Å². The van der Waals surface area contributed by atoms with Gasteiger partial charge >= 0.3 is 6.09 Å². The van der Waals surface area contributed by atoms with Crippen molar-refractivity contribution >= 4 is 6.09 Å². The largest absolute Gasteiger partial charge is 0.465 e. The van der Waals surface area contributed by atoms with Crippen molar-refractivity contribution < 1.29 is 14.3 Å². The van der Waals surface area contributed by atoms with Crippen LogP contribution in [-0.4, -0.2) is 27.4 Å². The van der Waals surface area contributed by atoms with Gasteiger partial charge in [-0.15, -0.1) is 10.2 Å². The molecule has 82 valence electrons. The summed E-state index contributed by atoms with van der Waals surface area (Å²) in [4.78, 5) is 10.4. The molecule has 0 bridgehead atoms. The van der Waals surface area contributed by atoms with Crippen LogP contribution >= 0.6 is 0 Å². The lowest BCUT2D eigenvalue weighted by molar-refractivity contribution is 0.184. The van der Waals surface area contributed by atoms with E-state index >= 15 is 0 Å². The Morgan fingerprint density at radius 3 is 2.73 bits per heavy atom. The van der Waals surface area contributed by atoms with E-state index in [2.05, 4.69) is 15.5 Å². The molecule has 1 fully saturated rings. The number of aromatic nitrogens is 2. The van der Waals surface area contributed by atoms with Crippen molar-refractivity contribution in [3.05, 3.63) is 12.3 Å². The fourth-order valence-corrected chi connectivity index (χ4v) is 2.02. The molecular weight excluding hydrogens is 198 g/mol. The second-order valence-corrected chi connectivity index (χ2v) is 3.78. The first-order chi connectivity index (χ1) is 7.25. The molecule has 0 aliphatic heterocycles. The third-order valence-electron chi connectivity index (χ3n) is 2.78. The zero-order valence-corrected chi connectivity index (χ0v) is 8.22. The predicted octanol–water partition coefficient (Wildman–Crippen LogP) is 1.36. The Morgan fingerprint density at radius 2 is 2.20 bits per heavy atom. The summed E-state index contributed by atoms with van der Waals surface area (Å²) in [5.41, 5.74) is 0. The van der Waals surface area contributed by atoms with E-state index in [4.69, 9.17) is 9.52 Å². The fraction of sp³-hybridized carbons (Fsp3) is 0.667. The molecule has 6 heteroatoms. The molecule has 0 atom stereocenters. The number of hydrogen-bond donors (Lipinski definition) is 2. The monoisotopic (exact) mass is 211 g/mol. The molecule has 0 unspecified atom stereocenters. The topological polar surface area (TPSA) is 88.2 Å². The van der Waals surface area contributed by atoms with Gasteiger partial charge in [-0.1, -0.05) is 0 Å². The maximum Gasteiger partial charge on any atom is 0.404 e. The van der Waals surface area contributed by atoms with Gasteiger partial charge in [0.25, 0.3) is 0 Å². The van der Waals surface area contributed by atoms with E-state index in [1.165, 1.54) is 6.39 Å². The molecule has 0 saturated heterocycles. The maximum atomic E-state index is 10.4. The Morgan fingerprint density at radius 1 is 1.47 bits per heavy atom. The number of carbonyl (C=O) groups is 1. The van der Waals surface area contributed by atoms with Gasteiger partial charge in [0.1, 0.15) is 0 Å². The molecule has 1 aliphatic carbocycles. The van der Waals surface area contributed by atoms with Crippen LogP contribution in [0.15, 0.2) is 10.8 Å². The molecule has 2 N–H and O–H groups in total. The minimum atomic E-state index is -0.948. The van der Waals surface area contributed by atoms with Gasteiger partial charge in [0.2, 0.25) is 12.3 Å². The summed E-state index contributed by atoms with van der Waals surface area (Å²) < 4.78 is 5.13. The van der Waals surface area contributed by atoms with E-state index in [1.807, 2.05) is 0 Å². The average molecular weight is 211 g/mol. The summed E-state index contributed by atoms with van der Waals surface area (Å²) in [6.07, 6.45) is 3.84. The van der Waals surface area contributed by atoms with Gasteiger partial charge in [0, 0.05) is 12.0 Å². The van der Waals surface area contributed by atoms with Crippen molar-refractivity contribution in [1.29, 1.82) is 0 Å². The van der Waals surface area contributed by atoms with Crippen molar-refractivity contribution in [1.82, 2.24) is 15.5 Å². The molecule has 0 aromatic carbocycles. The SMILES string of the molecule is O=C(O)NC1CCC(c2nnco2)CC1. The molecule has 1 heterocycles. The van der Waals surface area contributed by atoms with E-state index in [9.17, 15) is 4.79 Å². The van der Waals surface area contributed by atoms with Crippen molar-refractivity contribution in [2.24, 2.45) is 0 Å². The molecular formula is C9H13N3O3. The zero-order valence-electron chi connectivity index (χ0n) is 8.22. The molecule has 2 rings (SSSR count). The summed E-state index contributed by atoms with van der Waals surface area (Å²) in [5, 5.41) is 18.6. The van der Waals surface area contributed by atoms with E-state index in [0.717, 1.165) is 25.7 Å². The highest BCUT2D eigenvalue weighted by Crippen LogP contribution is 2.31. The van der Waals surface area contributed by atoms with Crippen molar-refractivity contribution in [2.45, 2.75) is 37.6 Å². The number of nitrogens with one attached hydrogen (secondary N) is 1. The smallest absolute Gasteiger partial charge is 0.404 e. The van der Waals surface area contributed by atoms with Crippen molar-refractivity contribution in [2.75, 3.05) is 0 Å². The highest BCUT2D eigenvalue weighted by molar-refractivity contribution is 5.64. The Kier molecular flexibility index (Phi) is 2.84. The Bertz CT molecular complexity index is 317. The van der Waals surface area contributed by atoms with Crippen LogP contribution in [0.1, 0.15) is 37.5 Å². The predicted molar refractivity (Wildman–Crippen MR) is 50.5 cm³/mol. The molecule has 1 aliphatic rings. The van der Waals surface area contributed by atoms with Crippen molar-refractivity contribution in [3.63, 3.8) is 0 Å². The minimum absolute atomic E-state index is 0.0710. The van der Waals surface area contributed by atoms with Gasteiger partial charge in [-0.25, -0.2) is 4.79 Å². The van der Waals surface area contributed by atoms with Gasteiger partial charge in [0.05, 0.1) is 0 Å². The van der Waals surface area contributed by atoms with Crippen LogP contribution in [0.5, 0.6) is 0 Å². The number of nitrogens with zero attached hydrogens (tertiary/aromatic N) is 2. The molecule has 1 saturated carbocycles. The third-order valence-corrected chi connectivity index (χ3v) is 2.78. The number of hydrogen-bond acceptors (Lipinski definition) is 4. The first-order valence-corrected chi connectivity index (χ1v) is 5.01. The molecule has 0 spiro atoms. The summed E-state index contributed by atoms with van der Waals surface area (Å²) >= 11 is 0. The second-order valence-electron chi connectivity index (χ2n) is 3.78. The fourth-order valence-electron chi connectivity index (χ4n) is 2.02. The summed E-state index contributed by atoms with van der Waals surface area (Å²) in [7, 11) is 0. The number of carboxylic acid groups (broad SMARTS) is 1. The first kappa shape index (κ1) is 9.95. The lowest BCUT2D eigenvalue weighted by Crippen LogP contribution is -2.36. The molecule has 1 amide bonds. The molecule has 0 radical (unpaired) electrons. The van der Waals surface area contributed by atoms with Gasteiger partial charge in [0.15, 0.2) is 0 Å². The van der Waals surface area contributed by atoms with E-state index in [-0.39, 0.29) is 6.04 Å². The zero-order chi connectivity index (χ0) is 10.7. The van der Waals surface area contributed by atoms with Crippen LogP contribution in [0.4, 0.5) is 4.79 Å². The Hall–Kier alpha value is -1.59. The van der Waals surface area contributed by atoms with Gasteiger partial charge in [-0.2, -0.15) is 0 Å². The third kappa shape index (κ3) is 2.45. The highest BCUT2D eigenvalue weighted by Gasteiger charge is 2.26. The summed E-state index contributed by atoms with van der Waals surface area (Å²) in [6, 6.07) is 0.0710. The number of amides is 1. The average Bonchev–Trinajstić information content (AvgIpc) is 2.71. The number of rotatable bonds is 2. The van der Waals surface area contributed by atoms with Crippen LogP contribution in [0.3, 0.4) is 0 Å². The first-order valence-electron chi connectivity index (χ1n) is 5.01.